The number of carbonyl (C=O) groups is 5. The molecule has 220 valence electrons. The Morgan fingerprint density at radius 2 is 0.974 bits per heavy atom. The van der Waals surface area contributed by atoms with Gasteiger partial charge in [-0.1, -0.05) is 38.5 Å². The van der Waals surface area contributed by atoms with E-state index in [1.807, 2.05) is 0 Å². The monoisotopic (exact) mass is 544 g/mol. The molecular formula is C25H48N6O7. The molecular weight excluding hydrogens is 496 g/mol. The summed E-state index contributed by atoms with van der Waals surface area (Å²) in [5, 5.41) is 21.9. The molecule has 0 aromatic carbocycles. The number of ether oxygens (including phenoxy) is 1. The number of amides is 7. The second-order valence-electron chi connectivity index (χ2n) is 8.99. The molecule has 0 radical (unpaired) electrons. The molecule has 6 N–H and O–H groups in total. The summed E-state index contributed by atoms with van der Waals surface area (Å²) >= 11 is 0. The van der Waals surface area contributed by atoms with Crippen LogP contribution in [-0.4, -0.2) is 86.5 Å². The van der Waals surface area contributed by atoms with Gasteiger partial charge in [-0.05, 0) is 38.5 Å². The molecule has 0 saturated carbocycles. The summed E-state index contributed by atoms with van der Waals surface area (Å²) in [5.41, 5.74) is 0. The number of carboxylic acid groups (broad SMARTS) is 1. The van der Waals surface area contributed by atoms with Gasteiger partial charge in [0, 0.05) is 46.2 Å². The van der Waals surface area contributed by atoms with Gasteiger partial charge in [0.05, 0.1) is 7.11 Å². The van der Waals surface area contributed by atoms with Crippen molar-refractivity contribution in [3.8, 4) is 0 Å². The Labute approximate surface area is 226 Å². The summed E-state index contributed by atoms with van der Waals surface area (Å²) < 4.78 is 4.52. The summed E-state index contributed by atoms with van der Waals surface area (Å²) in [4.78, 5) is 59.0. The predicted molar refractivity (Wildman–Crippen MR) is 144 cm³/mol. The average molecular weight is 545 g/mol. The first kappa shape index (κ1) is 34.8. The zero-order valence-corrected chi connectivity index (χ0v) is 23.1. The van der Waals surface area contributed by atoms with Gasteiger partial charge >= 0.3 is 24.2 Å². The predicted octanol–water partition coefficient (Wildman–Crippen LogP) is 3.15. The van der Waals surface area contributed by atoms with Gasteiger partial charge in [0.25, 0.3) is 0 Å². The smallest absolute Gasteiger partial charge is 0.406 e. The van der Waals surface area contributed by atoms with Crippen LogP contribution in [0.2, 0.25) is 0 Å². The fourth-order valence-electron chi connectivity index (χ4n) is 3.55. The fraction of sp³-hybridized carbons (Fsp3) is 0.800. The third-order valence-electron chi connectivity index (χ3n) is 5.66. The molecule has 0 fully saturated rings. The highest BCUT2D eigenvalue weighted by atomic mass is 16.5. The molecule has 13 nitrogen and oxygen atoms in total. The normalized spacial score (nSPS) is 10.3. The third-order valence-corrected chi connectivity index (χ3v) is 5.66. The van der Waals surface area contributed by atoms with E-state index in [9.17, 15) is 24.0 Å². The van der Waals surface area contributed by atoms with Crippen molar-refractivity contribution in [1.82, 2.24) is 31.5 Å². The van der Waals surface area contributed by atoms with Crippen molar-refractivity contribution in [2.45, 2.75) is 84.0 Å². The van der Waals surface area contributed by atoms with Gasteiger partial charge in [-0.25, -0.2) is 24.1 Å². The van der Waals surface area contributed by atoms with Crippen molar-refractivity contribution < 1.29 is 33.8 Å². The standard InChI is InChI=1S/C25H48N6O7/c1-21(32)26-15-9-3-4-10-16-27-22(33)31(20-14-8-7-13-19-30-25(37)38-2)23(34)28-17-11-5-6-12-18-29-24(35)36/h29H,3-20H2,1-2H3,(H,26,32)(H,27,33)(H,28,34)(H,30,37)(H,35,36). The first-order valence-corrected chi connectivity index (χ1v) is 13.6. The second kappa shape index (κ2) is 24.1. The molecule has 0 aromatic rings. The van der Waals surface area contributed by atoms with Gasteiger partial charge in [0.2, 0.25) is 5.91 Å². The Kier molecular flexibility index (Phi) is 22.0. The molecule has 13 heteroatoms. The average Bonchev–Trinajstić information content (AvgIpc) is 2.87. The van der Waals surface area contributed by atoms with E-state index in [1.54, 1.807) is 0 Å². The lowest BCUT2D eigenvalue weighted by Gasteiger charge is -2.22. The van der Waals surface area contributed by atoms with Gasteiger partial charge < -0.3 is 36.4 Å². The molecule has 0 unspecified atom stereocenters. The number of nitrogens with one attached hydrogen (secondary N) is 5. The van der Waals surface area contributed by atoms with Crippen LogP contribution in [0, 0.1) is 0 Å². The second-order valence-corrected chi connectivity index (χ2v) is 8.99. The maximum Gasteiger partial charge on any atom is 0.406 e. The van der Waals surface area contributed by atoms with Crippen LogP contribution >= 0.6 is 0 Å². The fourth-order valence-corrected chi connectivity index (χ4v) is 3.55. The van der Waals surface area contributed by atoms with Gasteiger partial charge in [0.1, 0.15) is 0 Å². The molecule has 38 heavy (non-hydrogen) atoms. The molecule has 0 aliphatic rings. The molecule has 0 aromatic heterocycles. The highest BCUT2D eigenvalue weighted by Gasteiger charge is 2.20. The molecule has 0 aliphatic carbocycles. The van der Waals surface area contributed by atoms with E-state index in [0.717, 1.165) is 70.6 Å². The Morgan fingerprint density at radius 3 is 1.39 bits per heavy atom. The van der Waals surface area contributed by atoms with Crippen molar-refractivity contribution in [2.24, 2.45) is 0 Å². The van der Waals surface area contributed by atoms with E-state index < -0.39 is 24.2 Å². The first-order valence-electron chi connectivity index (χ1n) is 13.6. The van der Waals surface area contributed by atoms with Crippen LogP contribution in [0.4, 0.5) is 19.2 Å². The van der Waals surface area contributed by atoms with E-state index in [2.05, 4.69) is 31.3 Å². The summed E-state index contributed by atoms with van der Waals surface area (Å²) in [7, 11) is 1.31. The van der Waals surface area contributed by atoms with Gasteiger partial charge in [-0.15, -0.1) is 0 Å². The number of rotatable bonds is 21. The van der Waals surface area contributed by atoms with E-state index in [-0.39, 0.29) is 5.91 Å². The lowest BCUT2D eigenvalue weighted by atomic mass is 10.2. The number of hydrogen-bond donors (Lipinski definition) is 6. The molecule has 0 atom stereocenters. The minimum absolute atomic E-state index is 0.0402. The molecule has 0 bridgehead atoms. The van der Waals surface area contributed by atoms with Crippen LogP contribution in [0.25, 0.3) is 0 Å². The molecule has 0 heterocycles. The number of unbranched alkanes of at least 4 members (excludes halogenated alkanes) is 9. The summed E-state index contributed by atoms with van der Waals surface area (Å²) in [6.45, 7) is 4.24. The van der Waals surface area contributed by atoms with Crippen molar-refractivity contribution in [2.75, 3.05) is 46.4 Å². The number of nitrogens with zero attached hydrogens (tertiary/aromatic N) is 1. The summed E-state index contributed by atoms with van der Waals surface area (Å²) in [5.74, 6) is -0.0402. The maximum absolute atomic E-state index is 12.7. The minimum atomic E-state index is -1.03. The van der Waals surface area contributed by atoms with E-state index in [4.69, 9.17) is 5.11 Å². The Bertz CT molecular complexity index is 651. The minimum Gasteiger partial charge on any atom is -0.465 e. The zero-order chi connectivity index (χ0) is 28.4. The number of alkyl carbamates (subject to hydrolysis) is 1. The first-order chi connectivity index (χ1) is 18.3. The number of urea groups is 2. The molecule has 7 amide bonds. The van der Waals surface area contributed by atoms with E-state index >= 15 is 0 Å². The Balaban J connectivity index is 4.35. The van der Waals surface area contributed by atoms with Gasteiger partial charge in [0.15, 0.2) is 0 Å². The highest BCUT2D eigenvalue weighted by Crippen LogP contribution is 2.04. The van der Waals surface area contributed by atoms with Crippen LogP contribution in [0.5, 0.6) is 0 Å². The van der Waals surface area contributed by atoms with Crippen LogP contribution in [0.3, 0.4) is 0 Å². The number of hydrogen-bond acceptors (Lipinski definition) is 6. The lowest BCUT2D eigenvalue weighted by Crippen LogP contribution is -2.49. The Morgan fingerprint density at radius 1 is 0.579 bits per heavy atom. The number of methoxy groups -OCH3 is 1. The summed E-state index contributed by atoms with van der Waals surface area (Å²) in [6.07, 6.45) is 8.25. The Hall–Kier alpha value is -3.25. The highest BCUT2D eigenvalue weighted by molar-refractivity contribution is 5.93. The summed E-state index contributed by atoms with van der Waals surface area (Å²) in [6, 6.07) is -0.856. The van der Waals surface area contributed by atoms with Crippen LogP contribution in [0.1, 0.15) is 84.0 Å². The third kappa shape index (κ3) is 22.0. The topological polar surface area (TPSA) is 178 Å². The zero-order valence-electron chi connectivity index (χ0n) is 23.1. The molecule has 0 saturated heterocycles. The van der Waals surface area contributed by atoms with E-state index in [0.29, 0.717) is 45.7 Å². The van der Waals surface area contributed by atoms with Crippen LogP contribution in [-0.2, 0) is 9.53 Å². The quantitative estimate of drug-likeness (QED) is 0.120. The van der Waals surface area contributed by atoms with Crippen molar-refractivity contribution in [3.05, 3.63) is 0 Å². The SMILES string of the molecule is COC(=O)NCCCCCCN(C(=O)NCCCCCCNC(C)=O)C(=O)NCCCCCCNC(=O)O. The largest absolute Gasteiger partial charge is 0.465 e. The molecule has 0 aliphatic heterocycles. The molecule has 0 rings (SSSR count). The van der Waals surface area contributed by atoms with E-state index in [1.165, 1.54) is 18.9 Å². The van der Waals surface area contributed by atoms with Crippen molar-refractivity contribution >= 4 is 30.2 Å². The lowest BCUT2D eigenvalue weighted by molar-refractivity contribution is -0.118. The molecule has 0 spiro atoms. The van der Waals surface area contributed by atoms with Crippen LogP contribution in [0.15, 0.2) is 0 Å². The van der Waals surface area contributed by atoms with Crippen molar-refractivity contribution in [3.63, 3.8) is 0 Å². The van der Waals surface area contributed by atoms with Crippen LogP contribution < -0.4 is 26.6 Å². The van der Waals surface area contributed by atoms with Gasteiger partial charge in [-0.2, -0.15) is 0 Å². The van der Waals surface area contributed by atoms with Crippen molar-refractivity contribution in [1.29, 1.82) is 0 Å². The number of carbonyl (C=O) groups excluding carboxylic acids is 4. The number of imide groups is 1. The van der Waals surface area contributed by atoms with Gasteiger partial charge in [-0.3, -0.25) is 4.79 Å². The maximum atomic E-state index is 12.7.